The fourth-order valence-corrected chi connectivity index (χ4v) is 4.49. The lowest BCUT2D eigenvalue weighted by Crippen LogP contribution is -2.34. The van der Waals surface area contributed by atoms with Gasteiger partial charge in [0.2, 0.25) is 0 Å². The summed E-state index contributed by atoms with van der Waals surface area (Å²) in [6.45, 7) is 2.90. The van der Waals surface area contributed by atoms with Crippen LogP contribution in [0.2, 0.25) is 5.02 Å². The average molecular weight is 505 g/mol. The number of fused-ring (bicyclic) bond motifs is 1. The third-order valence-electron chi connectivity index (χ3n) is 6.19. The van der Waals surface area contributed by atoms with Crippen LogP contribution in [0.4, 0.5) is 10.1 Å². The summed E-state index contributed by atoms with van der Waals surface area (Å²) in [6, 6.07) is 19.8. The Hall–Kier alpha value is -3.84. The summed E-state index contributed by atoms with van der Waals surface area (Å²) < 4.78 is 21.5. The normalized spacial score (nSPS) is 12.7. The van der Waals surface area contributed by atoms with E-state index in [9.17, 15) is 9.18 Å². The second-order valence-corrected chi connectivity index (χ2v) is 9.14. The van der Waals surface area contributed by atoms with Gasteiger partial charge in [0, 0.05) is 24.3 Å². The van der Waals surface area contributed by atoms with E-state index >= 15 is 0 Å². The molecule has 1 aliphatic heterocycles. The van der Waals surface area contributed by atoms with E-state index in [-0.39, 0.29) is 11.7 Å². The van der Waals surface area contributed by atoms with E-state index in [1.54, 1.807) is 12.1 Å². The number of amides is 1. The number of imidazole rings is 1. The van der Waals surface area contributed by atoms with Crippen LogP contribution in [0.1, 0.15) is 27.2 Å². The predicted octanol–water partition coefficient (Wildman–Crippen LogP) is 5.10. The van der Waals surface area contributed by atoms with E-state index < -0.39 is 0 Å². The summed E-state index contributed by atoms with van der Waals surface area (Å²) in [7, 11) is 0. The molecule has 36 heavy (non-hydrogen) atoms. The molecule has 0 radical (unpaired) electrons. The highest BCUT2D eigenvalue weighted by molar-refractivity contribution is 6.30. The Morgan fingerprint density at radius 2 is 1.89 bits per heavy atom. The van der Waals surface area contributed by atoms with Crippen LogP contribution in [0.3, 0.4) is 0 Å². The molecule has 4 aromatic rings. The average Bonchev–Trinajstić information content (AvgIpc) is 3.31. The molecule has 0 fully saturated rings. The van der Waals surface area contributed by atoms with Gasteiger partial charge >= 0.3 is 0 Å². The number of hydrogen-bond donors (Lipinski definition) is 1. The van der Waals surface area contributed by atoms with E-state index in [0.717, 1.165) is 22.5 Å². The van der Waals surface area contributed by atoms with Crippen molar-refractivity contribution in [3.8, 4) is 5.75 Å². The molecule has 0 unspecified atom stereocenters. The topological polar surface area (TPSA) is 59.4 Å². The van der Waals surface area contributed by atoms with Gasteiger partial charge in [0.15, 0.2) is 5.75 Å². The third-order valence-corrected chi connectivity index (χ3v) is 6.44. The molecule has 184 valence electrons. The van der Waals surface area contributed by atoms with Crippen molar-refractivity contribution in [2.75, 3.05) is 24.6 Å². The second kappa shape index (κ2) is 10.8. The first-order valence-corrected chi connectivity index (χ1v) is 12.2. The molecule has 1 aromatic heterocycles. The Kier molecular flexibility index (Phi) is 7.18. The van der Waals surface area contributed by atoms with E-state index in [1.165, 1.54) is 12.1 Å². The molecule has 0 atom stereocenters. The smallest absolute Gasteiger partial charge is 0.255 e. The largest absolute Gasteiger partial charge is 0.489 e. The quantitative estimate of drug-likeness (QED) is 0.363. The zero-order valence-electron chi connectivity index (χ0n) is 19.7. The van der Waals surface area contributed by atoms with Crippen molar-refractivity contribution in [3.05, 3.63) is 112 Å². The molecule has 0 aliphatic carbocycles. The third kappa shape index (κ3) is 5.52. The minimum Gasteiger partial charge on any atom is -0.489 e. The summed E-state index contributed by atoms with van der Waals surface area (Å²) in [5.74, 6) is 0.0904. The molecule has 1 amide bonds. The summed E-state index contributed by atoms with van der Waals surface area (Å²) in [5.41, 5.74) is 4.40. The van der Waals surface area contributed by atoms with Crippen LogP contribution < -0.4 is 15.0 Å². The molecule has 8 heteroatoms. The van der Waals surface area contributed by atoms with E-state index in [1.807, 2.05) is 55.0 Å². The van der Waals surface area contributed by atoms with Crippen LogP contribution in [0.5, 0.6) is 5.75 Å². The number of carbonyl (C=O) groups excluding carboxylic acids is 1. The molecule has 1 N–H and O–H groups in total. The molecule has 5 rings (SSSR count). The molecule has 0 bridgehead atoms. The molecule has 2 heterocycles. The number of anilines is 1. The zero-order valence-corrected chi connectivity index (χ0v) is 20.4. The van der Waals surface area contributed by atoms with Gasteiger partial charge in [0.1, 0.15) is 12.4 Å². The first-order chi connectivity index (χ1) is 17.6. The molecule has 6 nitrogen and oxygen atoms in total. The van der Waals surface area contributed by atoms with Crippen molar-refractivity contribution >= 4 is 23.2 Å². The molecule has 0 spiro atoms. The molecular weight excluding hydrogens is 479 g/mol. The summed E-state index contributed by atoms with van der Waals surface area (Å²) in [6.07, 6.45) is 4.24. The number of para-hydroxylation sites is 1. The molecule has 0 saturated heterocycles. The number of ether oxygens (including phenoxy) is 1. The van der Waals surface area contributed by atoms with Gasteiger partial charge in [-0.2, -0.15) is 0 Å². The van der Waals surface area contributed by atoms with Gasteiger partial charge in [-0.25, -0.2) is 9.37 Å². The van der Waals surface area contributed by atoms with Crippen LogP contribution in [0.25, 0.3) is 0 Å². The maximum absolute atomic E-state index is 13.4. The Labute approximate surface area is 214 Å². The lowest BCUT2D eigenvalue weighted by Gasteiger charge is -2.32. The lowest BCUT2D eigenvalue weighted by atomic mass is 10.1. The van der Waals surface area contributed by atoms with Gasteiger partial charge < -0.3 is 19.5 Å². The van der Waals surface area contributed by atoms with Gasteiger partial charge in [-0.15, -0.1) is 0 Å². The van der Waals surface area contributed by atoms with Crippen molar-refractivity contribution in [1.82, 2.24) is 14.9 Å². The van der Waals surface area contributed by atoms with E-state index in [4.69, 9.17) is 16.3 Å². The highest BCUT2D eigenvalue weighted by Crippen LogP contribution is 2.35. The highest BCUT2D eigenvalue weighted by atomic mass is 35.5. The fraction of sp³-hybridized carbons (Fsp3) is 0.214. The molecular formula is C28H26ClFN4O2. The summed E-state index contributed by atoms with van der Waals surface area (Å²) in [4.78, 5) is 19.5. The number of nitrogens with zero attached hydrogens (tertiary/aromatic N) is 3. The predicted molar refractivity (Wildman–Crippen MR) is 138 cm³/mol. The van der Waals surface area contributed by atoms with Crippen molar-refractivity contribution in [2.24, 2.45) is 0 Å². The van der Waals surface area contributed by atoms with Gasteiger partial charge in [-0.1, -0.05) is 41.9 Å². The zero-order chi connectivity index (χ0) is 24.9. The first-order valence-electron chi connectivity index (χ1n) is 11.8. The van der Waals surface area contributed by atoms with Crippen molar-refractivity contribution in [2.45, 2.75) is 19.5 Å². The highest BCUT2D eigenvalue weighted by Gasteiger charge is 2.24. The van der Waals surface area contributed by atoms with Crippen LogP contribution in [-0.2, 0) is 19.5 Å². The Morgan fingerprint density at radius 1 is 1.06 bits per heavy atom. The number of aromatic nitrogens is 2. The SMILES string of the molecule is O=C(NCCc1cccc(F)c1)c1cccc2c1OCCN2Cc1cncn1Cc1ccc(Cl)cc1. The van der Waals surface area contributed by atoms with Crippen molar-refractivity contribution in [3.63, 3.8) is 0 Å². The monoisotopic (exact) mass is 504 g/mol. The van der Waals surface area contributed by atoms with Crippen molar-refractivity contribution in [1.29, 1.82) is 0 Å². The maximum Gasteiger partial charge on any atom is 0.255 e. The van der Waals surface area contributed by atoms with E-state index in [0.29, 0.717) is 55.5 Å². The van der Waals surface area contributed by atoms with E-state index in [2.05, 4.69) is 19.8 Å². The minimum absolute atomic E-state index is 0.210. The number of rotatable bonds is 8. The number of carbonyl (C=O) groups is 1. The Balaban J connectivity index is 1.28. The molecule has 3 aromatic carbocycles. The summed E-state index contributed by atoms with van der Waals surface area (Å²) >= 11 is 6.02. The molecule has 0 saturated carbocycles. The lowest BCUT2D eigenvalue weighted by molar-refractivity contribution is 0.0949. The summed E-state index contributed by atoms with van der Waals surface area (Å²) in [5, 5.41) is 3.65. The number of nitrogens with one attached hydrogen (secondary N) is 1. The minimum atomic E-state index is -0.279. The number of hydrogen-bond acceptors (Lipinski definition) is 4. The van der Waals surface area contributed by atoms with Gasteiger partial charge in [-0.3, -0.25) is 4.79 Å². The van der Waals surface area contributed by atoms with Crippen molar-refractivity contribution < 1.29 is 13.9 Å². The molecule has 1 aliphatic rings. The first kappa shape index (κ1) is 23.9. The van der Waals surface area contributed by atoms with Crippen LogP contribution in [-0.4, -0.2) is 35.2 Å². The van der Waals surface area contributed by atoms with Crippen LogP contribution in [0.15, 0.2) is 79.3 Å². The Morgan fingerprint density at radius 3 is 2.72 bits per heavy atom. The van der Waals surface area contributed by atoms with Gasteiger partial charge in [-0.05, 0) is 53.9 Å². The second-order valence-electron chi connectivity index (χ2n) is 8.70. The Bertz CT molecular complexity index is 1360. The maximum atomic E-state index is 13.4. The van der Waals surface area contributed by atoms with Crippen LogP contribution in [0, 0.1) is 5.82 Å². The number of benzene rings is 3. The number of halogens is 2. The van der Waals surface area contributed by atoms with Gasteiger partial charge in [0.05, 0.1) is 36.4 Å². The van der Waals surface area contributed by atoms with Gasteiger partial charge in [0.25, 0.3) is 5.91 Å². The van der Waals surface area contributed by atoms with Crippen LogP contribution >= 0.6 is 11.6 Å². The standard InChI is InChI=1S/C28H26ClFN4O2/c29-22-9-7-21(8-10-22)17-34-19-31-16-24(34)18-33-13-14-36-27-25(5-2-6-26(27)33)28(35)32-12-11-20-3-1-4-23(30)15-20/h1-10,15-16,19H,11-14,17-18H2,(H,32,35). The fourth-order valence-electron chi connectivity index (χ4n) is 4.36.